The molecule has 0 aliphatic carbocycles. The Balaban J connectivity index is 2.47. The summed E-state index contributed by atoms with van der Waals surface area (Å²) in [6, 6.07) is 7.33. The Bertz CT molecular complexity index is 465. The van der Waals surface area contributed by atoms with Crippen molar-refractivity contribution in [3.8, 4) is 10.4 Å². The molecule has 0 amide bonds. The average molecular weight is 211 g/mol. The van der Waals surface area contributed by atoms with E-state index in [1.54, 1.807) is 12.1 Å². The fraction of sp³-hybridized carbons (Fsp3) is 0. The van der Waals surface area contributed by atoms with Gasteiger partial charge < -0.3 is 5.73 Å². The number of benzene rings is 1. The molecule has 4 heteroatoms. The maximum absolute atomic E-state index is 12.9. The quantitative estimate of drug-likeness (QED) is 0.769. The van der Waals surface area contributed by atoms with Crippen LogP contribution >= 0.6 is 11.3 Å². The maximum atomic E-state index is 12.9. The summed E-state index contributed by atoms with van der Waals surface area (Å²) < 4.78 is 25.5. The number of hydrogen-bond donors (Lipinski definition) is 1. The number of halogens is 2. The van der Waals surface area contributed by atoms with Crippen LogP contribution in [0.1, 0.15) is 0 Å². The minimum atomic E-state index is -0.838. The maximum Gasteiger partial charge on any atom is 0.159 e. The van der Waals surface area contributed by atoms with Crippen molar-refractivity contribution in [3.63, 3.8) is 0 Å². The van der Waals surface area contributed by atoms with E-state index in [1.807, 2.05) is 0 Å². The zero-order chi connectivity index (χ0) is 10.1. The number of nitrogen functional groups attached to an aromatic ring is 1. The van der Waals surface area contributed by atoms with Gasteiger partial charge in [-0.3, -0.25) is 0 Å². The monoisotopic (exact) mass is 211 g/mol. The molecule has 0 saturated heterocycles. The summed E-state index contributed by atoms with van der Waals surface area (Å²) in [5, 5.41) is 0.657. The van der Waals surface area contributed by atoms with Gasteiger partial charge in [0.15, 0.2) is 11.6 Å². The third-order valence-electron chi connectivity index (χ3n) is 1.83. The van der Waals surface area contributed by atoms with Gasteiger partial charge in [0, 0.05) is 4.88 Å². The third kappa shape index (κ3) is 1.61. The van der Waals surface area contributed by atoms with Crippen molar-refractivity contribution < 1.29 is 8.78 Å². The van der Waals surface area contributed by atoms with Gasteiger partial charge in [0.1, 0.15) is 0 Å². The van der Waals surface area contributed by atoms with Crippen LogP contribution < -0.4 is 5.73 Å². The molecule has 0 aliphatic heterocycles. The van der Waals surface area contributed by atoms with Crippen molar-refractivity contribution in [3.05, 3.63) is 42.0 Å². The molecule has 2 rings (SSSR count). The highest BCUT2D eigenvalue weighted by Gasteiger charge is 2.05. The van der Waals surface area contributed by atoms with Crippen molar-refractivity contribution in [2.75, 3.05) is 5.73 Å². The van der Waals surface area contributed by atoms with Crippen LogP contribution in [0.5, 0.6) is 0 Å². The van der Waals surface area contributed by atoms with E-state index in [0.717, 1.165) is 10.9 Å². The molecule has 0 unspecified atom stereocenters. The molecule has 0 atom stereocenters. The highest BCUT2D eigenvalue weighted by Crippen LogP contribution is 2.30. The number of nitrogens with two attached hydrogens (primary N) is 1. The minimum absolute atomic E-state index is 0.644. The normalized spacial score (nSPS) is 10.4. The third-order valence-corrected chi connectivity index (χ3v) is 2.79. The van der Waals surface area contributed by atoms with E-state index in [0.29, 0.717) is 10.6 Å². The summed E-state index contributed by atoms with van der Waals surface area (Å²) in [4.78, 5) is 0.835. The summed E-state index contributed by atoms with van der Waals surface area (Å²) in [7, 11) is 0. The van der Waals surface area contributed by atoms with Gasteiger partial charge in [0.2, 0.25) is 0 Å². The van der Waals surface area contributed by atoms with Gasteiger partial charge >= 0.3 is 0 Å². The topological polar surface area (TPSA) is 26.0 Å². The minimum Gasteiger partial charge on any atom is -0.391 e. The van der Waals surface area contributed by atoms with Crippen LogP contribution in [0.3, 0.4) is 0 Å². The van der Waals surface area contributed by atoms with Gasteiger partial charge in [0.25, 0.3) is 0 Å². The molecule has 1 heterocycles. The summed E-state index contributed by atoms with van der Waals surface area (Å²) in [5.74, 6) is -1.67. The van der Waals surface area contributed by atoms with Crippen LogP contribution in [-0.2, 0) is 0 Å². The predicted octanol–water partition coefficient (Wildman–Crippen LogP) is 3.28. The van der Waals surface area contributed by atoms with Crippen LogP contribution in [0.4, 0.5) is 13.8 Å². The Kier molecular flexibility index (Phi) is 2.21. The summed E-state index contributed by atoms with van der Waals surface area (Å²) >= 11 is 1.34. The zero-order valence-corrected chi connectivity index (χ0v) is 7.94. The van der Waals surface area contributed by atoms with Crippen LogP contribution in [0.15, 0.2) is 30.3 Å². The van der Waals surface area contributed by atoms with Crippen molar-refractivity contribution in [1.29, 1.82) is 0 Å². The van der Waals surface area contributed by atoms with Crippen LogP contribution in [0, 0.1) is 11.6 Å². The SMILES string of the molecule is Nc1ccc(-c2ccc(F)c(F)c2)s1. The highest BCUT2D eigenvalue weighted by molar-refractivity contribution is 7.19. The summed E-state index contributed by atoms with van der Waals surface area (Å²) in [6.45, 7) is 0. The zero-order valence-electron chi connectivity index (χ0n) is 7.13. The second kappa shape index (κ2) is 3.38. The predicted molar refractivity (Wildman–Crippen MR) is 54.1 cm³/mol. The largest absolute Gasteiger partial charge is 0.391 e. The van der Waals surface area contributed by atoms with Crippen molar-refractivity contribution in [2.24, 2.45) is 0 Å². The molecule has 2 aromatic rings. The molecule has 0 radical (unpaired) electrons. The van der Waals surface area contributed by atoms with E-state index in [-0.39, 0.29) is 0 Å². The summed E-state index contributed by atoms with van der Waals surface area (Å²) in [5.41, 5.74) is 6.18. The molecule has 0 aliphatic rings. The first-order chi connectivity index (χ1) is 6.66. The Morgan fingerprint density at radius 3 is 2.36 bits per heavy atom. The molecule has 0 saturated carbocycles. The Labute approximate surface area is 83.8 Å². The number of rotatable bonds is 1. The Hall–Kier alpha value is -1.42. The molecular formula is C10H7F2NS. The number of hydrogen-bond acceptors (Lipinski definition) is 2. The first kappa shape index (κ1) is 9.15. The average Bonchev–Trinajstić information content (AvgIpc) is 2.57. The lowest BCUT2D eigenvalue weighted by atomic mass is 10.2. The first-order valence-corrected chi connectivity index (χ1v) is 4.79. The van der Waals surface area contributed by atoms with E-state index < -0.39 is 11.6 Å². The molecule has 1 aromatic heterocycles. The van der Waals surface area contributed by atoms with Gasteiger partial charge in [-0.2, -0.15) is 0 Å². The van der Waals surface area contributed by atoms with Gasteiger partial charge in [-0.25, -0.2) is 8.78 Å². The standard InChI is InChI=1S/C10H7F2NS/c11-7-2-1-6(5-8(7)12)9-3-4-10(13)14-9/h1-5H,13H2. The lowest BCUT2D eigenvalue weighted by molar-refractivity contribution is 0.509. The van der Waals surface area contributed by atoms with Crippen molar-refractivity contribution >= 4 is 16.3 Å². The highest BCUT2D eigenvalue weighted by atomic mass is 32.1. The Morgan fingerprint density at radius 1 is 1.00 bits per heavy atom. The molecule has 0 fully saturated rings. The lowest BCUT2D eigenvalue weighted by Crippen LogP contribution is -1.83. The fourth-order valence-electron chi connectivity index (χ4n) is 1.16. The second-order valence-electron chi connectivity index (χ2n) is 2.83. The van der Waals surface area contributed by atoms with E-state index in [4.69, 9.17) is 5.73 Å². The van der Waals surface area contributed by atoms with E-state index >= 15 is 0 Å². The van der Waals surface area contributed by atoms with E-state index in [2.05, 4.69) is 0 Å². The van der Waals surface area contributed by atoms with E-state index in [1.165, 1.54) is 23.5 Å². The van der Waals surface area contributed by atoms with Crippen LogP contribution in [0.2, 0.25) is 0 Å². The van der Waals surface area contributed by atoms with Gasteiger partial charge in [-0.15, -0.1) is 11.3 Å². The molecule has 1 nitrogen and oxygen atoms in total. The molecule has 0 bridgehead atoms. The fourth-order valence-corrected chi connectivity index (χ4v) is 1.93. The van der Waals surface area contributed by atoms with Crippen LogP contribution in [0.25, 0.3) is 10.4 Å². The van der Waals surface area contributed by atoms with Crippen LogP contribution in [-0.4, -0.2) is 0 Å². The molecule has 72 valence electrons. The molecule has 0 spiro atoms. The van der Waals surface area contributed by atoms with Gasteiger partial charge in [-0.1, -0.05) is 6.07 Å². The van der Waals surface area contributed by atoms with Crippen molar-refractivity contribution in [1.82, 2.24) is 0 Å². The van der Waals surface area contributed by atoms with Gasteiger partial charge in [-0.05, 0) is 29.8 Å². The molecule has 2 N–H and O–H groups in total. The number of anilines is 1. The lowest BCUT2D eigenvalue weighted by Gasteiger charge is -1.97. The first-order valence-electron chi connectivity index (χ1n) is 3.97. The molecule has 14 heavy (non-hydrogen) atoms. The molecule has 1 aromatic carbocycles. The van der Waals surface area contributed by atoms with Gasteiger partial charge in [0.05, 0.1) is 5.00 Å². The van der Waals surface area contributed by atoms with E-state index in [9.17, 15) is 8.78 Å². The second-order valence-corrected chi connectivity index (χ2v) is 3.95. The Morgan fingerprint density at radius 2 is 1.79 bits per heavy atom. The van der Waals surface area contributed by atoms with Crippen molar-refractivity contribution in [2.45, 2.75) is 0 Å². The molecular weight excluding hydrogens is 204 g/mol. The smallest absolute Gasteiger partial charge is 0.159 e. The number of thiophene rings is 1. The summed E-state index contributed by atoms with van der Waals surface area (Å²) in [6.07, 6.45) is 0.